The van der Waals surface area contributed by atoms with Crippen molar-refractivity contribution in [2.24, 2.45) is 5.10 Å². The van der Waals surface area contributed by atoms with E-state index in [4.69, 9.17) is 4.42 Å². The van der Waals surface area contributed by atoms with E-state index >= 15 is 0 Å². The number of nitrogens with one attached hydrogen (secondary N) is 2. The van der Waals surface area contributed by atoms with E-state index in [1.807, 2.05) is 0 Å². The predicted octanol–water partition coefficient (Wildman–Crippen LogP) is 1.92. The summed E-state index contributed by atoms with van der Waals surface area (Å²) in [4.78, 5) is 23.4. The van der Waals surface area contributed by atoms with Crippen LogP contribution >= 0.6 is 15.9 Å². The summed E-state index contributed by atoms with van der Waals surface area (Å²) in [5.41, 5.74) is 2.75. The van der Waals surface area contributed by atoms with Gasteiger partial charge in [-0.25, -0.2) is 5.43 Å². The molecule has 1 aromatic carbocycles. The van der Waals surface area contributed by atoms with Gasteiger partial charge in [0, 0.05) is 4.47 Å². The van der Waals surface area contributed by atoms with E-state index in [0.29, 0.717) is 15.8 Å². The molecule has 0 atom stereocenters. The van der Waals surface area contributed by atoms with E-state index in [2.05, 4.69) is 31.8 Å². The molecule has 0 radical (unpaired) electrons. The summed E-state index contributed by atoms with van der Waals surface area (Å²) in [5, 5.41) is 6.21. The van der Waals surface area contributed by atoms with E-state index in [0.717, 1.165) is 0 Å². The number of hydrogen-bond donors (Lipinski definition) is 2. The lowest BCUT2D eigenvalue weighted by Crippen LogP contribution is -2.35. The largest absolute Gasteiger partial charge is 0.463 e. The molecule has 0 aliphatic carbocycles. The van der Waals surface area contributed by atoms with E-state index in [9.17, 15) is 9.59 Å². The van der Waals surface area contributed by atoms with Crippen molar-refractivity contribution in [3.63, 3.8) is 0 Å². The highest BCUT2D eigenvalue weighted by molar-refractivity contribution is 9.10. The van der Waals surface area contributed by atoms with Gasteiger partial charge in [0.05, 0.1) is 24.6 Å². The number of halogens is 1. The van der Waals surface area contributed by atoms with Crippen LogP contribution < -0.4 is 10.7 Å². The van der Waals surface area contributed by atoms with Gasteiger partial charge in [0.1, 0.15) is 5.76 Å². The molecule has 6 nitrogen and oxygen atoms in total. The maximum atomic E-state index is 11.9. The summed E-state index contributed by atoms with van der Waals surface area (Å²) in [6.07, 6.45) is 2.87. The summed E-state index contributed by atoms with van der Waals surface area (Å²) in [5.74, 6) is -0.251. The van der Waals surface area contributed by atoms with Crippen LogP contribution in [0.15, 0.2) is 56.7 Å². The number of nitrogens with zero attached hydrogens (tertiary/aromatic N) is 1. The Morgan fingerprint density at radius 1 is 1.24 bits per heavy atom. The molecule has 1 heterocycles. The van der Waals surface area contributed by atoms with Gasteiger partial charge in [-0.15, -0.1) is 0 Å². The van der Waals surface area contributed by atoms with Crippen molar-refractivity contribution in [1.29, 1.82) is 0 Å². The molecule has 108 valence electrons. The molecule has 7 heteroatoms. The van der Waals surface area contributed by atoms with E-state index < -0.39 is 5.91 Å². The third-order valence-electron chi connectivity index (χ3n) is 2.45. The molecule has 1 aromatic heterocycles. The van der Waals surface area contributed by atoms with Crippen LogP contribution in [0.2, 0.25) is 0 Å². The fraction of sp³-hybridized carbons (Fsp3) is 0.0714. The Balaban J connectivity index is 1.79. The fourth-order valence-electron chi connectivity index (χ4n) is 1.47. The predicted molar refractivity (Wildman–Crippen MR) is 80.9 cm³/mol. The Bertz CT molecular complexity index is 653. The molecule has 0 fully saturated rings. The number of benzene rings is 1. The first-order valence-corrected chi connectivity index (χ1v) is 6.84. The van der Waals surface area contributed by atoms with Crippen molar-refractivity contribution in [2.45, 2.75) is 0 Å². The highest BCUT2D eigenvalue weighted by Crippen LogP contribution is 2.15. The molecule has 2 aromatic rings. The molecule has 2 N–H and O–H groups in total. The normalized spacial score (nSPS) is 10.5. The topological polar surface area (TPSA) is 83.7 Å². The summed E-state index contributed by atoms with van der Waals surface area (Å²) >= 11 is 3.27. The second-order valence-electron chi connectivity index (χ2n) is 3.97. The van der Waals surface area contributed by atoms with Gasteiger partial charge in [-0.1, -0.05) is 12.1 Å². The number of rotatable bonds is 5. The lowest BCUT2D eigenvalue weighted by Gasteiger charge is -2.05. The summed E-state index contributed by atoms with van der Waals surface area (Å²) < 4.78 is 5.67. The minimum atomic E-state index is -0.432. The number of hydrazone groups is 1. The summed E-state index contributed by atoms with van der Waals surface area (Å²) in [6, 6.07) is 10.4. The maximum Gasteiger partial charge on any atom is 0.259 e. The second-order valence-corrected chi connectivity index (χ2v) is 4.83. The number of amides is 2. The average Bonchev–Trinajstić information content (AvgIpc) is 2.98. The molecule has 0 unspecified atom stereocenters. The minimum absolute atomic E-state index is 0.171. The van der Waals surface area contributed by atoms with E-state index in [1.165, 1.54) is 12.5 Å². The molecule has 0 aliphatic rings. The lowest BCUT2D eigenvalue weighted by molar-refractivity contribution is -0.120. The standard InChI is InChI=1S/C14H12BrN3O3/c15-12-6-2-1-5-11(12)14(20)16-9-13(19)18-17-8-10-4-3-7-21-10/h1-8H,9H2,(H,16,20)(H,18,19)/b17-8-. The quantitative estimate of drug-likeness (QED) is 0.638. The van der Waals surface area contributed by atoms with Crippen molar-refractivity contribution >= 4 is 34.0 Å². The fourth-order valence-corrected chi connectivity index (χ4v) is 1.94. The Hall–Kier alpha value is -2.41. The van der Waals surface area contributed by atoms with Gasteiger partial charge < -0.3 is 9.73 Å². The highest BCUT2D eigenvalue weighted by Gasteiger charge is 2.10. The SMILES string of the molecule is O=C(CNC(=O)c1ccccc1Br)N/N=C\c1ccco1. The third kappa shape index (κ3) is 4.57. The first-order valence-electron chi connectivity index (χ1n) is 6.05. The Kier molecular flexibility index (Phi) is 5.28. The Labute approximate surface area is 129 Å². The molecular formula is C14H12BrN3O3. The molecule has 2 rings (SSSR count). The molecule has 2 amide bonds. The van der Waals surface area contributed by atoms with Crippen LogP contribution in [0.1, 0.15) is 16.1 Å². The first-order chi connectivity index (χ1) is 10.2. The van der Waals surface area contributed by atoms with Gasteiger partial charge in [-0.3, -0.25) is 9.59 Å². The van der Waals surface area contributed by atoms with Crippen molar-refractivity contribution < 1.29 is 14.0 Å². The van der Waals surface area contributed by atoms with Crippen molar-refractivity contribution in [1.82, 2.24) is 10.7 Å². The molecule has 0 spiro atoms. The smallest absolute Gasteiger partial charge is 0.259 e. The van der Waals surface area contributed by atoms with Gasteiger partial charge >= 0.3 is 0 Å². The third-order valence-corrected chi connectivity index (χ3v) is 3.14. The van der Waals surface area contributed by atoms with Crippen LogP contribution in [0.5, 0.6) is 0 Å². The highest BCUT2D eigenvalue weighted by atomic mass is 79.9. The second kappa shape index (κ2) is 7.39. The zero-order valence-corrected chi connectivity index (χ0v) is 12.5. The number of hydrogen-bond acceptors (Lipinski definition) is 4. The number of carbonyl (C=O) groups is 2. The molecule has 0 aliphatic heterocycles. The first kappa shape index (κ1) is 15.0. The summed E-state index contributed by atoms with van der Waals surface area (Å²) in [6.45, 7) is -0.171. The van der Waals surface area contributed by atoms with Gasteiger partial charge in [-0.05, 0) is 40.2 Å². The van der Waals surface area contributed by atoms with Crippen LogP contribution in [0.25, 0.3) is 0 Å². The van der Waals surface area contributed by atoms with Crippen LogP contribution in [-0.4, -0.2) is 24.6 Å². The van der Waals surface area contributed by atoms with E-state index in [1.54, 1.807) is 36.4 Å². The average molecular weight is 350 g/mol. The molecule has 0 bridgehead atoms. The Morgan fingerprint density at radius 2 is 2.05 bits per heavy atom. The Morgan fingerprint density at radius 3 is 2.76 bits per heavy atom. The lowest BCUT2D eigenvalue weighted by atomic mass is 10.2. The zero-order chi connectivity index (χ0) is 15.1. The minimum Gasteiger partial charge on any atom is -0.463 e. The van der Waals surface area contributed by atoms with E-state index in [-0.39, 0.29) is 12.5 Å². The van der Waals surface area contributed by atoms with Crippen LogP contribution in [0.4, 0.5) is 0 Å². The molecule has 0 saturated carbocycles. The monoisotopic (exact) mass is 349 g/mol. The van der Waals surface area contributed by atoms with Gasteiger partial charge in [0.25, 0.3) is 11.8 Å². The van der Waals surface area contributed by atoms with Gasteiger partial charge in [0.15, 0.2) is 0 Å². The van der Waals surface area contributed by atoms with Crippen molar-refractivity contribution in [3.8, 4) is 0 Å². The van der Waals surface area contributed by atoms with Crippen LogP contribution in [-0.2, 0) is 4.79 Å². The molecule has 0 saturated heterocycles. The van der Waals surface area contributed by atoms with Gasteiger partial charge in [0.2, 0.25) is 0 Å². The summed E-state index contributed by atoms with van der Waals surface area (Å²) in [7, 11) is 0. The van der Waals surface area contributed by atoms with Crippen molar-refractivity contribution in [3.05, 3.63) is 58.5 Å². The number of furan rings is 1. The van der Waals surface area contributed by atoms with Gasteiger partial charge in [-0.2, -0.15) is 5.10 Å². The number of carbonyl (C=O) groups excluding carboxylic acids is 2. The molecular weight excluding hydrogens is 338 g/mol. The van der Waals surface area contributed by atoms with Crippen LogP contribution in [0, 0.1) is 0 Å². The maximum absolute atomic E-state index is 11.9. The van der Waals surface area contributed by atoms with Crippen LogP contribution in [0.3, 0.4) is 0 Å². The molecule has 21 heavy (non-hydrogen) atoms. The zero-order valence-electron chi connectivity index (χ0n) is 10.9. The van der Waals surface area contributed by atoms with Crippen molar-refractivity contribution in [2.75, 3.05) is 6.54 Å².